The minimum atomic E-state index is 0.166. The molecule has 0 radical (unpaired) electrons. The van der Waals surface area contributed by atoms with Crippen molar-refractivity contribution in [1.82, 2.24) is 5.32 Å². The van der Waals surface area contributed by atoms with Crippen LogP contribution in [0.1, 0.15) is 38.2 Å². The lowest BCUT2D eigenvalue weighted by molar-refractivity contribution is -0.121. The van der Waals surface area contributed by atoms with E-state index in [1.807, 2.05) is 18.2 Å². The van der Waals surface area contributed by atoms with E-state index in [0.29, 0.717) is 12.3 Å². The van der Waals surface area contributed by atoms with Crippen molar-refractivity contribution in [2.75, 3.05) is 11.9 Å². The number of nitrogens with one attached hydrogen (secondary N) is 1. The molecule has 1 rings (SSSR count). The summed E-state index contributed by atoms with van der Waals surface area (Å²) in [4.78, 5) is 11.8. The van der Waals surface area contributed by atoms with Crippen molar-refractivity contribution in [3.05, 3.63) is 35.9 Å². The number of alkyl halides is 1. The summed E-state index contributed by atoms with van der Waals surface area (Å²) in [7, 11) is 0. The smallest absolute Gasteiger partial charge is 0.220 e. The summed E-state index contributed by atoms with van der Waals surface area (Å²) in [5.41, 5.74) is 1.23. The van der Waals surface area contributed by atoms with E-state index in [1.54, 1.807) is 0 Å². The Morgan fingerprint density at radius 3 is 2.63 bits per heavy atom. The fourth-order valence-corrected chi connectivity index (χ4v) is 2.81. The number of carbonyl (C=O) groups excluding carboxylic acids is 1. The molecule has 3 heteroatoms. The Morgan fingerprint density at radius 1 is 1.26 bits per heavy atom. The van der Waals surface area contributed by atoms with E-state index in [1.165, 1.54) is 18.4 Å². The van der Waals surface area contributed by atoms with Crippen molar-refractivity contribution in [3.63, 3.8) is 0 Å². The van der Waals surface area contributed by atoms with Gasteiger partial charge in [-0.05, 0) is 30.7 Å². The Morgan fingerprint density at radius 2 is 2.00 bits per heavy atom. The van der Waals surface area contributed by atoms with Gasteiger partial charge in [0, 0.05) is 18.3 Å². The number of halogens is 1. The molecule has 0 aromatic heterocycles. The van der Waals surface area contributed by atoms with Gasteiger partial charge in [0.2, 0.25) is 5.91 Å². The molecular weight excluding hydrogens is 302 g/mol. The van der Waals surface area contributed by atoms with E-state index >= 15 is 0 Å². The van der Waals surface area contributed by atoms with Crippen LogP contribution in [0.15, 0.2) is 30.3 Å². The minimum absolute atomic E-state index is 0.166. The van der Waals surface area contributed by atoms with Gasteiger partial charge in [0.05, 0.1) is 0 Å². The van der Waals surface area contributed by atoms with Gasteiger partial charge in [-0.1, -0.05) is 59.6 Å². The van der Waals surface area contributed by atoms with Crippen LogP contribution in [0.2, 0.25) is 0 Å². The molecule has 0 aliphatic carbocycles. The van der Waals surface area contributed by atoms with E-state index in [-0.39, 0.29) is 5.91 Å². The highest BCUT2D eigenvalue weighted by Crippen LogP contribution is 2.11. The van der Waals surface area contributed by atoms with E-state index in [2.05, 4.69) is 40.3 Å². The van der Waals surface area contributed by atoms with Crippen LogP contribution in [0.25, 0.3) is 0 Å². The van der Waals surface area contributed by atoms with Gasteiger partial charge in [-0.25, -0.2) is 0 Å². The number of carbonyl (C=O) groups is 1. The van der Waals surface area contributed by atoms with Crippen LogP contribution < -0.4 is 5.32 Å². The molecule has 0 bridgehead atoms. The summed E-state index contributed by atoms with van der Waals surface area (Å²) in [6.07, 6.45) is 4.90. The van der Waals surface area contributed by atoms with Gasteiger partial charge in [-0.3, -0.25) is 4.79 Å². The Balaban J connectivity index is 2.23. The molecule has 2 nitrogen and oxygen atoms in total. The predicted molar refractivity (Wildman–Crippen MR) is 84.6 cm³/mol. The van der Waals surface area contributed by atoms with Crippen LogP contribution in [0.5, 0.6) is 0 Å². The standard InChI is InChI=1S/C16H24BrNO/c1-2-6-15(11-12-17)13-18-16(19)10-9-14-7-4-3-5-8-14/h3-5,7-8,15H,2,6,9-13H2,1H3,(H,18,19). The topological polar surface area (TPSA) is 29.1 Å². The number of aryl methyl sites for hydroxylation is 1. The minimum Gasteiger partial charge on any atom is -0.356 e. The van der Waals surface area contributed by atoms with Crippen molar-refractivity contribution in [2.45, 2.75) is 39.0 Å². The molecule has 1 amide bonds. The third-order valence-corrected chi connectivity index (χ3v) is 3.74. The molecule has 1 aromatic carbocycles. The molecule has 1 aromatic rings. The van der Waals surface area contributed by atoms with E-state index < -0.39 is 0 Å². The third kappa shape index (κ3) is 7.36. The summed E-state index contributed by atoms with van der Waals surface area (Å²) in [6, 6.07) is 10.2. The molecule has 0 heterocycles. The van der Waals surface area contributed by atoms with Gasteiger partial charge >= 0.3 is 0 Å². The van der Waals surface area contributed by atoms with Crippen LogP contribution in [0.3, 0.4) is 0 Å². The van der Waals surface area contributed by atoms with Crippen molar-refractivity contribution in [2.24, 2.45) is 5.92 Å². The SMILES string of the molecule is CCCC(CCBr)CNC(=O)CCc1ccccc1. The zero-order chi connectivity index (χ0) is 13.9. The van der Waals surface area contributed by atoms with Gasteiger partial charge in [0.1, 0.15) is 0 Å². The summed E-state index contributed by atoms with van der Waals surface area (Å²) in [6.45, 7) is 3.01. The maximum Gasteiger partial charge on any atom is 0.220 e. The third-order valence-electron chi connectivity index (χ3n) is 3.29. The first kappa shape index (κ1) is 16.2. The highest BCUT2D eigenvalue weighted by Gasteiger charge is 2.09. The van der Waals surface area contributed by atoms with Crippen LogP contribution in [0, 0.1) is 5.92 Å². The first-order valence-corrected chi connectivity index (χ1v) is 8.25. The molecule has 0 fully saturated rings. The molecule has 0 saturated carbocycles. The lowest BCUT2D eigenvalue weighted by Crippen LogP contribution is -2.29. The van der Waals surface area contributed by atoms with Gasteiger partial charge in [0.25, 0.3) is 0 Å². The highest BCUT2D eigenvalue weighted by molar-refractivity contribution is 9.09. The van der Waals surface area contributed by atoms with Gasteiger partial charge < -0.3 is 5.32 Å². The summed E-state index contributed by atoms with van der Waals surface area (Å²) in [5.74, 6) is 0.768. The first-order valence-electron chi connectivity index (χ1n) is 7.12. The Bertz CT molecular complexity index is 347. The van der Waals surface area contributed by atoms with Crippen LogP contribution >= 0.6 is 15.9 Å². The second-order valence-corrected chi connectivity index (χ2v) is 5.72. The lowest BCUT2D eigenvalue weighted by Gasteiger charge is -2.15. The number of hydrogen-bond donors (Lipinski definition) is 1. The molecule has 1 N–H and O–H groups in total. The van der Waals surface area contributed by atoms with Crippen LogP contribution in [-0.4, -0.2) is 17.8 Å². The van der Waals surface area contributed by atoms with Crippen molar-refractivity contribution >= 4 is 21.8 Å². The molecule has 19 heavy (non-hydrogen) atoms. The summed E-state index contributed by atoms with van der Waals surface area (Å²) >= 11 is 3.48. The molecule has 0 spiro atoms. The fraction of sp³-hybridized carbons (Fsp3) is 0.562. The molecule has 1 atom stereocenters. The molecular formula is C16H24BrNO. The Hall–Kier alpha value is -0.830. The first-order chi connectivity index (χ1) is 9.26. The van der Waals surface area contributed by atoms with Gasteiger partial charge in [0.15, 0.2) is 0 Å². The molecule has 1 unspecified atom stereocenters. The molecule has 0 saturated heterocycles. The maximum atomic E-state index is 11.8. The second-order valence-electron chi connectivity index (χ2n) is 4.92. The average Bonchev–Trinajstić information content (AvgIpc) is 2.44. The summed E-state index contributed by atoms with van der Waals surface area (Å²) in [5, 5.41) is 4.07. The van der Waals surface area contributed by atoms with Crippen LogP contribution in [-0.2, 0) is 11.2 Å². The predicted octanol–water partition coefficient (Wildman–Crippen LogP) is 3.94. The largest absolute Gasteiger partial charge is 0.356 e. The quantitative estimate of drug-likeness (QED) is 0.684. The zero-order valence-corrected chi connectivity index (χ0v) is 13.3. The van der Waals surface area contributed by atoms with E-state index in [9.17, 15) is 4.79 Å². The number of benzene rings is 1. The summed E-state index contributed by atoms with van der Waals surface area (Å²) < 4.78 is 0. The number of rotatable bonds is 9. The fourth-order valence-electron chi connectivity index (χ4n) is 2.16. The van der Waals surface area contributed by atoms with E-state index in [4.69, 9.17) is 0 Å². The Kier molecular flexibility index (Phi) is 8.55. The zero-order valence-electron chi connectivity index (χ0n) is 11.7. The Labute approximate surface area is 125 Å². The number of hydrogen-bond acceptors (Lipinski definition) is 1. The molecule has 0 aliphatic heterocycles. The van der Waals surface area contributed by atoms with E-state index in [0.717, 1.165) is 24.7 Å². The van der Waals surface area contributed by atoms with Crippen molar-refractivity contribution in [3.8, 4) is 0 Å². The average molecular weight is 326 g/mol. The van der Waals surface area contributed by atoms with Gasteiger partial charge in [-0.15, -0.1) is 0 Å². The van der Waals surface area contributed by atoms with Crippen LogP contribution in [0.4, 0.5) is 0 Å². The molecule has 0 aliphatic rings. The lowest BCUT2D eigenvalue weighted by atomic mass is 10.0. The maximum absolute atomic E-state index is 11.8. The highest BCUT2D eigenvalue weighted by atomic mass is 79.9. The number of amides is 1. The second kappa shape index (κ2) is 10.0. The molecule has 106 valence electrons. The van der Waals surface area contributed by atoms with Gasteiger partial charge in [-0.2, -0.15) is 0 Å². The normalized spacial score (nSPS) is 12.1. The van der Waals surface area contributed by atoms with Crippen molar-refractivity contribution in [1.29, 1.82) is 0 Å². The monoisotopic (exact) mass is 325 g/mol. The van der Waals surface area contributed by atoms with Crippen molar-refractivity contribution < 1.29 is 4.79 Å².